The molecule has 0 aromatic carbocycles. The molecule has 0 spiro atoms. The number of aliphatic carboxylic acids is 1. The first-order valence-corrected chi connectivity index (χ1v) is 7.50. The van der Waals surface area contributed by atoms with Crippen molar-refractivity contribution in [3.05, 3.63) is 0 Å². The first-order valence-electron chi connectivity index (χ1n) is 5.95. The first-order chi connectivity index (χ1) is 8.31. The van der Waals surface area contributed by atoms with E-state index in [0.717, 1.165) is 19.3 Å². The number of hydrogen-bond donors (Lipinski definition) is 2. The lowest BCUT2D eigenvalue weighted by Crippen LogP contribution is -2.52. The number of sulfonamides is 1. The van der Waals surface area contributed by atoms with Crippen molar-refractivity contribution in [2.75, 3.05) is 0 Å². The minimum Gasteiger partial charge on any atom is -0.481 e. The fourth-order valence-electron chi connectivity index (χ4n) is 2.29. The van der Waals surface area contributed by atoms with Crippen molar-refractivity contribution >= 4 is 16.0 Å². The number of nitriles is 1. The zero-order valence-corrected chi connectivity index (χ0v) is 11.2. The molecule has 1 fully saturated rings. The molecule has 0 radical (unpaired) electrons. The van der Waals surface area contributed by atoms with Crippen LogP contribution < -0.4 is 4.72 Å². The standard InChI is InChI=1S/C11H18N2O4S/c1-9(8-12)18(16,17)13-11(7-10(14)15)5-3-2-4-6-11/h9,13H,2-7H2,1H3,(H,14,15). The van der Waals surface area contributed by atoms with E-state index in [1.807, 2.05) is 0 Å². The summed E-state index contributed by atoms with van der Waals surface area (Å²) in [7, 11) is -3.79. The van der Waals surface area contributed by atoms with Gasteiger partial charge in [0, 0.05) is 5.54 Å². The number of hydrogen-bond acceptors (Lipinski definition) is 4. The van der Waals surface area contributed by atoms with Crippen LogP contribution in [0.25, 0.3) is 0 Å². The van der Waals surface area contributed by atoms with Crippen LogP contribution in [0.4, 0.5) is 0 Å². The van der Waals surface area contributed by atoms with Gasteiger partial charge in [-0.25, -0.2) is 13.1 Å². The predicted molar refractivity (Wildman–Crippen MR) is 65.2 cm³/mol. The molecule has 1 aliphatic rings. The van der Waals surface area contributed by atoms with Gasteiger partial charge in [0.1, 0.15) is 0 Å². The summed E-state index contributed by atoms with van der Waals surface area (Å²) in [6.45, 7) is 1.29. The van der Waals surface area contributed by atoms with Crippen LogP contribution in [0.15, 0.2) is 0 Å². The summed E-state index contributed by atoms with van der Waals surface area (Å²) in [5.74, 6) is -1.02. The van der Waals surface area contributed by atoms with Gasteiger partial charge in [-0.15, -0.1) is 0 Å². The lowest BCUT2D eigenvalue weighted by atomic mass is 9.80. The van der Waals surface area contributed by atoms with E-state index in [0.29, 0.717) is 12.8 Å². The first kappa shape index (κ1) is 14.9. The van der Waals surface area contributed by atoms with E-state index in [2.05, 4.69) is 4.72 Å². The second-order valence-corrected chi connectivity index (χ2v) is 6.83. The molecule has 0 aromatic rings. The zero-order chi connectivity index (χ0) is 13.8. The summed E-state index contributed by atoms with van der Waals surface area (Å²) in [5, 5.41) is 16.4. The van der Waals surface area contributed by atoms with E-state index in [1.165, 1.54) is 6.92 Å². The van der Waals surface area contributed by atoms with Crippen LogP contribution in [0.3, 0.4) is 0 Å². The predicted octanol–water partition coefficient (Wildman–Crippen LogP) is 0.995. The highest BCUT2D eigenvalue weighted by atomic mass is 32.2. The Bertz CT molecular complexity index is 446. The summed E-state index contributed by atoms with van der Waals surface area (Å²) in [6.07, 6.45) is 3.38. The van der Waals surface area contributed by atoms with Crippen LogP contribution >= 0.6 is 0 Å². The minimum absolute atomic E-state index is 0.232. The number of rotatable bonds is 5. The molecule has 0 saturated heterocycles. The van der Waals surface area contributed by atoms with Gasteiger partial charge in [0.25, 0.3) is 0 Å². The summed E-state index contributed by atoms with van der Waals surface area (Å²) < 4.78 is 26.2. The van der Waals surface area contributed by atoms with Crippen LogP contribution in [0.2, 0.25) is 0 Å². The van der Waals surface area contributed by atoms with Gasteiger partial charge < -0.3 is 5.11 Å². The Kier molecular flexibility index (Phi) is 4.71. The quantitative estimate of drug-likeness (QED) is 0.777. The van der Waals surface area contributed by atoms with E-state index < -0.39 is 26.8 Å². The zero-order valence-electron chi connectivity index (χ0n) is 10.3. The minimum atomic E-state index is -3.79. The largest absolute Gasteiger partial charge is 0.481 e. The second-order valence-electron chi connectivity index (χ2n) is 4.83. The highest BCUT2D eigenvalue weighted by Gasteiger charge is 2.39. The maximum absolute atomic E-state index is 11.9. The van der Waals surface area contributed by atoms with Gasteiger partial charge in [-0.1, -0.05) is 19.3 Å². The second kappa shape index (κ2) is 5.67. The molecule has 0 amide bonds. The Balaban J connectivity index is 2.92. The molecule has 1 aliphatic carbocycles. The van der Waals surface area contributed by atoms with Crippen molar-refractivity contribution in [2.45, 2.75) is 56.2 Å². The monoisotopic (exact) mass is 274 g/mol. The van der Waals surface area contributed by atoms with E-state index >= 15 is 0 Å². The van der Waals surface area contributed by atoms with Crippen molar-refractivity contribution in [1.29, 1.82) is 5.26 Å². The van der Waals surface area contributed by atoms with Crippen molar-refractivity contribution < 1.29 is 18.3 Å². The van der Waals surface area contributed by atoms with E-state index in [4.69, 9.17) is 10.4 Å². The van der Waals surface area contributed by atoms with Crippen molar-refractivity contribution in [1.82, 2.24) is 4.72 Å². The van der Waals surface area contributed by atoms with Crippen molar-refractivity contribution in [3.8, 4) is 6.07 Å². The Morgan fingerprint density at radius 1 is 1.44 bits per heavy atom. The van der Waals surface area contributed by atoms with Crippen LogP contribution in [0.5, 0.6) is 0 Å². The third-order valence-corrected chi connectivity index (χ3v) is 5.06. The Labute approximate surface area is 107 Å². The molecule has 1 saturated carbocycles. The SMILES string of the molecule is CC(C#N)S(=O)(=O)NC1(CC(=O)O)CCCCC1. The Hall–Kier alpha value is -1.13. The molecule has 0 bridgehead atoms. The molecular weight excluding hydrogens is 256 g/mol. The van der Waals surface area contributed by atoms with Gasteiger partial charge >= 0.3 is 5.97 Å². The number of carboxylic acids is 1. The molecular formula is C11H18N2O4S. The average Bonchev–Trinajstić information content (AvgIpc) is 2.27. The van der Waals surface area contributed by atoms with Crippen molar-refractivity contribution in [2.24, 2.45) is 0 Å². The molecule has 1 unspecified atom stereocenters. The van der Waals surface area contributed by atoms with Gasteiger partial charge in [0.05, 0.1) is 12.5 Å². The highest BCUT2D eigenvalue weighted by molar-refractivity contribution is 7.90. The maximum Gasteiger partial charge on any atom is 0.305 e. The summed E-state index contributed by atoms with van der Waals surface area (Å²) in [6, 6.07) is 1.67. The lowest BCUT2D eigenvalue weighted by molar-refractivity contribution is -0.138. The maximum atomic E-state index is 11.9. The van der Waals surface area contributed by atoms with Gasteiger partial charge in [-0.3, -0.25) is 4.79 Å². The lowest BCUT2D eigenvalue weighted by Gasteiger charge is -2.36. The fourth-order valence-corrected chi connectivity index (χ4v) is 3.49. The smallest absolute Gasteiger partial charge is 0.305 e. The number of nitrogens with zero attached hydrogens (tertiary/aromatic N) is 1. The van der Waals surface area contributed by atoms with E-state index in [1.54, 1.807) is 6.07 Å². The summed E-state index contributed by atoms with van der Waals surface area (Å²) in [4.78, 5) is 10.9. The Morgan fingerprint density at radius 3 is 2.44 bits per heavy atom. The normalized spacial score (nSPS) is 20.9. The summed E-state index contributed by atoms with van der Waals surface area (Å²) >= 11 is 0. The summed E-state index contributed by atoms with van der Waals surface area (Å²) in [5.41, 5.74) is -0.923. The van der Waals surface area contributed by atoms with Gasteiger partial charge in [-0.05, 0) is 19.8 Å². The van der Waals surface area contributed by atoms with E-state index in [-0.39, 0.29) is 6.42 Å². The fraction of sp³-hybridized carbons (Fsp3) is 0.818. The molecule has 7 heteroatoms. The molecule has 1 atom stereocenters. The average molecular weight is 274 g/mol. The van der Waals surface area contributed by atoms with Crippen LogP contribution in [-0.4, -0.2) is 30.3 Å². The Morgan fingerprint density at radius 2 is 2.00 bits per heavy atom. The van der Waals surface area contributed by atoms with Crippen LogP contribution in [-0.2, 0) is 14.8 Å². The number of carboxylic acid groups (broad SMARTS) is 1. The number of carbonyl (C=O) groups is 1. The molecule has 0 aromatic heterocycles. The molecule has 18 heavy (non-hydrogen) atoms. The third-order valence-electron chi connectivity index (χ3n) is 3.31. The third kappa shape index (κ3) is 3.68. The topological polar surface area (TPSA) is 107 Å². The van der Waals surface area contributed by atoms with Crippen molar-refractivity contribution in [3.63, 3.8) is 0 Å². The molecule has 102 valence electrons. The van der Waals surface area contributed by atoms with Crippen LogP contribution in [0, 0.1) is 11.3 Å². The van der Waals surface area contributed by atoms with Gasteiger partial charge in [0.15, 0.2) is 5.25 Å². The number of nitrogens with one attached hydrogen (secondary N) is 1. The van der Waals surface area contributed by atoms with Gasteiger partial charge in [0.2, 0.25) is 10.0 Å². The molecule has 2 N–H and O–H groups in total. The van der Waals surface area contributed by atoms with E-state index in [9.17, 15) is 13.2 Å². The molecule has 6 nitrogen and oxygen atoms in total. The molecule has 1 rings (SSSR count). The van der Waals surface area contributed by atoms with Crippen LogP contribution in [0.1, 0.15) is 45.4 Å². The van der Waals surface area contributed by atoms with Gasteiger partial charge in [-0.2, -0.15) is 5.26 Å². The highest BCUT2D eigenvalue weighted by Crippen LogP contribution is 2.32. The molecule has 0 aliphatic heterocycles. The molecule has 0 heterocycles.